The van der Waals surface area contributed by atoms with Crippen LogP contribution in [0.5, 0.6) is 0 Å². The van der Waals surface area contributed by atoms with E-state index in [9.17, 15) is 13.5 Å². The van der Waals surface area contributed by atoms with Crippen molar-refractivity contribution in [1.82, 2.24) is 4.31 Å². The summed E-state index contributed by atoms with van der Waals surface area (Å²) in [4.78, 5) is 0.0978. The molecule has 3 N–H and O–H groups in total. The van der Waals surface area contributed by atoms with Gasteiger partial charge in [-0.15, -0.1) is 0 Å². The van der Waals surface area contributed by atoms with E-state index in [1.165, 1.54) is 20.0 Å². The van der Waals surface area contributed by atoms with Crippen LogP contribution >= 0.6 is 15.9 Å². The summed E-state index contributed by atoms with van der Waals surface area (Å²) in [5, 5.41) is 9.21. The Balaban J connectivity index is 3.17. The molecule has 0 aliphatic carbocycles. The smallest absolute Gasteiger partial charge is 0.244 e. The van der Waals surface area contributed by atoms with Crippen LogP contribution in [0.25, 0.3) is 0 Å². The number of nitrogens with zero attached hydrogens (tertiary/aromatic N) is 1. The minimum atomic E-state index is -3.64. The van der Waals surface area contributed by atoms with Crippen LogP contribution in [0.4, 0.5) is 5.69 Å². The summed E-state index contributed by atoms with van der Waals surface area (Å²) in [6.07, 6.45) is -0.727. The van der Waals surface area contributed by atoms with Crippen molar-refractivity contribution in [3.05, 3.63) is 22.7 Å². The zero-order valence-corrected chi connectivity index (χ0v) is 12.0. The van der Waals surface area contributed by atoms with Crippen LogP contribution in [0.15, 0.2) is 27.6 Å². The standard InChI is InChI=1S/C10H15BrN2O3S/c1-7(14)6-13(2)17(15,16)10-5-8(12)3-4-9(10)11/h3-5,7,14H,6,12H2,1-2H3. The molecule has 0 fully saturated rings. The first-order chi connectivity index (χ1) is 7.75. The van der Waals surface area contributed by atoms with Crippen LogP contribution in [0.1, 0.15) is 6.92 Å². The number of anilines is 1. The van der Waals surface area contributed by atoms with Crippen molar-refractivity contribution in [2.24, 2.45) is 0 Å². The third-order valence-corrected chi connectivity index (χ3v) is 4.98. The predicted molar refractivity (Wildman–Crippen MR) is 70.1 cm³/mol. The molecule has 0 heterocycles. The van der Waals surface area contributed by atoms with E-state index in [4.69, 9.17) is 5.73 Å². The summed E-state index contributed by atoms with van der Waals surface area (Å²) < 4.78 is 25.9. The number of hydrogen-bond acceptors (Lipinski definition) is 4. The maximum atomic E-state index is 12.2. The summed E-state index contributed by atoms with van der Waals surface area (Å²) >= 11 is 3.18. The van der Waals surface area contributed by atoms with Crippen LogP contribution in [0.2, 0.25) is 0 Å². The molecule has 0 radical (unpaired) electrons. The van der Waals surface area contributed by atoms with Gasteiger partial charge in [0.2, 0.25) is 10.0 Å². The maximum absolute atomic E-state index is 12.2. The van der Waals surface area contributed by atoms with E-state index in [-0.39, 0.29) is 11.4 Å². The quantitative estimate of drug-likeness (QED) is 0.811. The van der Waals surface area contributed by atoms with E-state index in [0.717, 1.165) is 4.31 Å². The average Bonchev–Trinajstić information content (AvgIpc) is 2.20. The first-order valence-corrected chi connectivity index (χ1v) is 7.18. The minimum absolute atomic E-state index is 0.0313. The molecular weight excluding hydrogens is 308 g/mol. The van der Waals surface area contributed by atoms with Crippen molar-refractivity contribution in [1.29, 1.82) is 0 Å². The van der Waals surface area contributed by atoms with E-state index < -0.39 is 16.1 Å². The Morgan fingerprint density at radius 1 is 1.53 bits per heavy atom. The summed E-state index contributed by atoms with van der Waals surface area (Å²) in [5.41, 5.74) is 5.94. The fraction of sp³-hybridized carbons (Fsp3) is 0.400. The van der Waals surface area contributed by atoms with Gasteiger partial charge in [0.05, 0.1) is 11.0 Å². The Labute approximate surface area is 109 Å². The SMILES string of the molecule is CC(O)CN(C)S(=O)(=O)c1cc(N)ccc1Br. The van der Waals surface area contributed by atoms with E-state index in [0.29, 0.717) is 10.2 Å². The molecule has 0 aliphatic heterocycles. The second kappa shape index (κ2) is 5.34. The molecule has 0 amide bonds. The zero-order chi connectivity index (χ0) is 13.2. The Bertz CT molecular complexity index is 502. The molecule has 1 atom stereocenters. The van der Waals surface area contributed by atoms with Crippen LogP contribution in [-0.2, 0) is 10.0 Å². The molecule has 0 spiro atoms. The van der Waals surface area contributed by atoms with Gasteiger partial charge in [0.15, 0.2) is 0 Å². The molecule has 17 heavy (non-hydrogen) atoms. The van der Waals surface area contributed by atoms with E-state index in [2.05, 4.69) is 15.9 Å². The molecular formula is C10H15BrN2O3S. The van der Waals surface area contributed by atoms with E-state index in [1.54, 1.807) is 12.1 Å². The highest BCUT2D eigenvalue weighted by atomic mass is 79.9. The third-order valence-electron chi connectivity index (χ3n) is 2.16. The van der Waals surface area contributed by atoms with Gasteiger partial charge in [0.25, 0.3) is 0 Å². The monoisotopic (exact) mass is 322 g/mol. The van der Waals surface area contributed by atoms with Crippen molar-refractivity contribution in [2.45, 2.75) is 17.9 Å². The molecule has 0 saturated carbocycles. The highest BCUT2D eigenvalue weighted by Gasteiger charge is 2.24. The number of rotatable bonds is 4. The molecule has 0 bridgehead atoms. The number of aliphatic hydroxyl groups excluding tert-OH is 1. The highest BCUT2D eigenvalue weighted by Crippen LogP contribution is 2.26. The molecule has 1 aromatic carbocycles. The van der Waals surface area contributed by atoms with Gasteiger partial charge in [-0.1, -0.05) is 0 Å². The lowest BCUT2D eigenvalue weighted by molar-refractivity contribution is 0.171. The van der Waals surface area contributed by atoms with Gasteiger partial charge in [-0.25, -0.2) is 8.42 Å². The van der Waals surface area contributed by atoms with Gasteiger partial charge in [0, 0.05) is 23.8 Å². The maximum Gasteiger partial charge on any atom is 0.244 e. The van der Waals surface area contributed by atoms with Crippen molar-refractivity contribution in [3.63, 3.8) is 0 Å². The number of benzene rings is 1. The fourth-order valence-corrected chi connectivity index (χ4v) is 3.56. The third kappa shape index (κ3) is 3.41. The van der Waals surface area contributed by atoms with Crippen molar-refractivity contribution in [2.75, 3.05) is 19.3 Å². The Kier molecular flexibility index (Phi) is 4.54. The lowest BCUT2D eigenvalue weighted by atomic mass is 10.3. The highest BCUT2D eigenvalue weighted by molar-refractivity contribution is 9.10. The second-order valence-corrected chi connectivity index (χ2v) is 6.69. The van der Waals surface area contributed by atoms with Gasteiger partial charge in [-0.3, -0.25) is 0 Å². The van der Waals surface area contributed by atoms with Crippen LogP contribution in [0.3, 0.4) is 0 Å². The Morgan fingerprint density at radius 3 is 2.65 bits per heavy atom. The number of hydrogen-bond donors (Lipinski definition) is 2. The summed E-state index contributed by atoms with van der Waals surface area (Å²) in [7, 11) is -2.23. The van der Waals surface area contributed by atoms with Crippen molar-refractivity contribution < 1.29 is 13.5 Å². The molecule has 96 valence electrons. The second-order valence-electron chi connectivity index (χ2n) is 3.82. The molecule has 7 heteroatoms. The summed E-state index contributed by atoms with van der Waals surface area (Å²) in [6.45, 7) is 1.56. The van der Waals surface area contributed by atoms with Gasteiger partial charge in [-0.05, 0) is 41.1 Å². The molecule has 1 unspecified atom stereocenters. The first kappa shape index (κ1) is 14.4. The number of likely N-dealkylation sites (N-methyl/N-ethyl adjacent to an activating group) is 1. The molecule has 0 saturated heterocycles. The largest absolute Gasteiger partial charge is 0.399 e. The fourth-order valence-electron chi connectivity index (χ4n) is 1.36. The number of sulfonamides is 1. The summed E-state index contributed by atoms with van der Waals surface area (Å²) in [5.74, 6) is 0. The van der Waals surface area contributed by atoms with E-state index in [1.807, 2.05) is 0 Å². The average molecular weight is 323 g/mol. The van der Waals surface area contributed by atoms with E-state index >= 15 is 0 Å². The minimum Gasteiger partial charge on any atom is -0.399 e. The molecule has 1 rings (SSSR count). The lowest BCUT2D eigenvalue weighted by Crippen LogP contribution is -2.33. The predicted octanol–water partition coefficient (Wildman–Crippen LogP) is 1.03. The Morgan fingerprint density at radius 2 is 2.12 bits per heavy atom. The molecule has 0 aromatic heterocycles. The van der Waals surface area contributed by atoms with Gasteiger partial charge >= 0.3 is 0 Å². The Hall–Kier alpha value is -0.630. The number of nitrogens with two attached hydrogens (primary N) is 1. The van der Waals surface area contributed by atoms with Gasteiger partial charge < -0.3 is 10.8 Å². The molecule has 0 aliphatic rings. The lowest BCUT2D eigenvalue weighted by Gasteiger charge is -2.19. The van der Waals surface area contributed by atoms with Gasteiger partial charge in [0.1, 0.15) is 0 Å². The van der Waals surface area contributed by atoms with Gasteiger partial charge in [-0.2, -0.15) is 4.31 Å². The number of halogens is 1. The number of aliphatic hydroxyl groups is 1. The zero-order valence-electron chi connectivity index (χ0n) is 9.59. The van der Waals surface area contributed by atoms with Crippen LogP contribution in [-0.4, -0.2) is 37.5 Å². The van der Waals surface area contributed by atoms with Crippen LogP contribution < -0.4 is 5.73 Å². The van der Waals surface area contributed by atoms with Crippen molar-refractivity contribution >= 4 is 31.6 Å². The molecule has 5 nitrogen and oxygen atoms in total. The topological polar surface area (TPSA) is 83.6 Å². The normalized spacial score (nSPS) is 13.9. The summed E-state index contributed by atoms with van der Waals surface area (Å²) in [6, 6.07) is 4.58. The molecule has 1 aromatic rings. The first-order valence-electron chi connectivity index (χ1n) is 4.94. The van der Waals surface area contributed by atoms with Crippen LogP contribution in [0, 0.1) is 0 Å². The van der Waals surface area contributed by atoms with Crippen molar-refractivity contribution in [3.8, 4) is 0 Å². The number of nitrogen functional groups attached to an aromatic ring is 1.